The topological polar surface area (TPSA) is 73.6 Å². The standard InChI is InChI=1S/C18H22N2O3.ClH/c1-22-15-9-8-14(17(11-15)23-2)12-20-18(21)16(19)10-13-6-4-3-5-7-13;/h3-9,11,16H,10,12,19H2,1-2H3,(H,20,21);1H. The minimum atomic E-state index is -0.582. The average molecular weight is 351 g/mol. The predicted octanol–water partition coefficient (Wildman–Crippen LogP) is 2.31. The second-order valence-electron chi connectivity index (χ2n) is 5.19. The second-order valence-corrected chi connectivity index (χ2v) is 5.19. The number of halogens is 1. The molecule has 5 nitrogen and oxygen atoms in total. The third kappa shape index (κ3) is 5.44. The first-order valence-corrected chi connectivity index (χ1v) is 7.42. The van der Waals surface area contributed by atoms with Gasteiger partial charge in [-0.3, -0.25) is 4.79 Å². The maximum Gasteiger partial charge on any atom is 0.237 e. The molecule has 130 valence electrons. The maximum absolute atomic E-state index is 12.1. The number of rotatable bonds is 7. The molecule has 3 N–H and O–H groups in total. The molecule has 0 aliphatic heterocycles. The van der Waals surface area contributed by atoms with Crippen molar-refractivity contribution in [3.05, 3.63) is 59.7 Å². The Balaban J connectivity index is 0.00000288. The number of nitrogens with one attached hydrogen (secondary N) is 1. The van der Waals surface area contributed by atoms with Gasteiger partial charge in [-0.05, 0) is 24.1 Å². The minimum absolute atomic E-state index is 0. The lowest BCUT2D eigenvalue weighted by atomic mass is 10.1. The summed E-state index contributed by atoms with van der Waals surface area (Å²) >= 11 is 0. The van der Waals surface area contributed by atoms with Crippen molar-refractivity contribution in [1.29, 1.82) is 0 Å². The molecule has 6 heteroatoms. The highest BCUT2D eigenvalue weighted by Gasteiger charge is 2.14. The van der Waals surface area contributed by atoms with Crippen molar-refractivity contribution in [2.75, 3.05) is 14.2 Å². The molecule has 2 rings (SSSR count). The van der Waals surface area contributed by atoms with Crippen LogP contribution in [0, 0.1) is 0 Å². The largest absolute Gasteiger partial charge is 0.497 e. The van der Waals surface area contributed by atoms with Gasteiger partial charge in [0.1, 0.15) is 11.5 Å². The Hall–Kier alpha value is -2.24. The summed E-state index contributed by atoms with van der Waals surface area (Å²) in [7, 11) is 3.18. The van der Waals surface area contributed by atoms with Crippen molar-refractivity contribution in [2.24, 2.45) is 5.73 Å². The molecule has 2 aromatic rings. The molecule has 0 radical (unpaired) electrons. The number of methoxy groups -OCH3 is 2. The highest BCUT2D eigenvalue weighted by Crippen LogP contribution is 2.24. The van der Waals surface area contributed by atoms with Gasteiger partial charge in [0.25, 0.3) is 0 Å². The molecule has 0 bridgehead atoms. The van der Waals surface area contributed by atoms with Gasteiger partial charge in [0.05, 0.1) is 20.3 Å². The van der Waals surface area contributed by atoms with E-state index in [1.54, 1.807) is 20.3 Å². The van der Waals surface area contributed by atoms with Gasteiger partial charge in [-0.2, -0.15) is 0 Å². The van der Waals surface area contributed by atoms with E-state index in [-0.39, 0.29) is 18.3 Å². The quantitative estimate of drug-likeness (QED) is 0.803. The zero-order valence-corrected chi connectivity index (χ0v) is 14.6. The van der Waals surface area contributed by atoms with Crippen LogP contribution in [0.5, 0.6) is 11.5 Å². The van der Waals surface area contributed by atoms with Crippen molar-refractivity contribution < 1.29 is 14.3 Å². The second kappa shape index (κ2) is 9.80. The van der Waals surface area contributed by atoms with Gasteiger partial charge in [0, 0.05) is 18.2 Å². The highest BCUT2D eigenvalue weighted by atomic mass is 35.5. The lowest BCUT2D eigenvalue weighted by Crippen LogP contribution is -2.41. The highest BCUT2D eigenvalue weighted by molar-refractivity contribution is 5.85. The van der Waals surface area contributed by atoms with E-state index in [0.717, 1.165) is 11.1 Å². The van der Waals surface area contributed by atoms with Crippen LogP contribution < -0.4 is 20.5 Å². The van der Waals surface area contributed by atoms with Crippen LogP contribution in [0.2, 0.25) is 0 Å². The number of carbonyl (C=O) groups excluding carboxylic acids is 1. The third-order valence-electron chi connectivity index (χ3n) is 3.58. The van der Waals surface area contributed by atoms with Crippen LogP contribution in [0.1, 0.15) is 11.1 Å². The molecular formula is C18H23ClN2O3. The fourth-order valence-electron chi connectivity index (χ4n) is 2.27. The fraction of sp³-hybridized carbons (Fsp3) is 0.278. The van der Waals surface area contributed by atoms with E-state index in [0.29, 0.717) is 24.5 Å². The van der Waals surface area contributed by atoms with Crippen molar-refractivity contribution >= 4 is 18.3 Å². The number of ether oxygens (including phenoxy) is 2. The number of nitrogens with two attached hydrogens (primary N) is 1. The average Bonchev–Trinajstić information content (AvgIpc) is 2.60. The Bertz CT molecular complexity index is 650. The van der Waals surface area contributed by atoms with Gasteiger partial charge in [-0.1, -0.05) is 30.3 Å². The van der Waals surface area contributed by atoms with Crippen LogP contribution in [0.4, 0.5) is 0 Å². The van der Waals surface area contributed by atoms with Crippen LogP contribution in [-0.2, 0) is 17.8 Å². The summed E-state index contributed by atoms with van der Waals surface area (Å²) in [5, 5.41) is 2.85. The van der Waals surface area contributed by atoms with Gasteiger partial charge >= 0.3 is 0 Å². The van der Waals surface area contributed by atoms with Gasteiger partial charge in [-0.15, -0.1) is 12.4 Å². The number of carbonyl (C=O) groups is 1. The normalized spacial score (nSPS) is 11.1. The van der Waals surface area contributed by atoms with Crippen LogP contribution in [-0.4, -0.2) is 26.2 Å². The predicted molar refractivity (Wildman–Crippen MR) is 96.8 cm³/mol. The van der Waals surface area contributed by atoms with Crippen molar-refractivity contribution in [1.82, 2.24) is 5.32 Å². The molecule has 1 amide bonds. The Labute approximate surface area is 148 Å². The van der Waals surface area contributed by atoms with Gasteiger partial charge in [0.15, 0.2) is 0 Å². The van der Waals surface area contributed by atoms with Gasteiger partial charge < -0.3 is 20.5 Å². The van der Waals surface area contributed by atoms with Gasteiger partial charge in [0.2, 0.25) is 5.91 Å². The molecule has 0 aliphatic rings. The number of hydrogen-bond donors (Lipinski definition) is 2. The maximum atomic E-state index is 12.1. The molecule has 1 atom stereocenters. The monoisotopic (exact) mass is 350 g/mol. The smallest absolute Gasteiger partial charge is 0.237 e. The number of benzene rings is 2. The van der Waals surface area contributed by atoms with E-state index >= 15 is 0 Å². The summed E-state index contributed by atoms with van der Waals surface area (Å²) in [5.74, 6) is 1.19. The van der Waals surface area contributed by atoms with E-state index in [9.17, 15) is 4.79 Å². The Kier molecular flexibility index (Phi) is 8.09. The summed E-state index contributed by atoms with van der Waals surface area (Å²) in [6.07, 6.45) is 0.506. The summed E-state index contributed by atoms with van der Waals surface area (Å²) in [4.78, 5) is 12.1. The zero-order chi connectivity index (χ0) is 16.7. The zero-order valence-electron chi connectivity index (χ0n) is 13.8. The molecule has 0 fully saturated rings. The first-order valence-electron chi connectivity index (χ1n) is 7.42. The Morgan fingerprint density at radius 3 is 2.46 bits per heavy atom. The van der Waals surface area contributed by atoms with E-state index in [2.05, 4.69) is 5.32 Å². The van der Waals surface area contributed by atoms with E-state index in [1.165, 1.54) is 0 Å². The Morgan fingerprint density at radius 1 is 1.12 bits per heavy atom. The minimum Gasteiger partial charge on any atom is -0.497 e. The summed E-state index contributed by atoms with van der Waals surface area (Å²) in [5.41, 5.74) is 7.87. The molecule has 0 aromatic heterocycles. The molecule has 0 aliphatic carbocycles. The Morgan fingerprint density at radius 2 is 1.83 bits per heavy atom. The lowest BCUT2D eigenvalue weighted by molar-refractivity contribution is -0.122. The number of amides is 1. The molecule has 0 saturated carbocycles. The number of hydrogen-bond acceptors (Lipinski definition) is 4. The molecule has 1 unspecified atom stereocenters. The lowest BCUT2D eigenvalue weighted by Gasteiger charge is -2.14. The van der Waals surface area contributed by atoms with Crippen LogP contribution in [0.25, 0.3) is 0 Å². The van der Waals surface area contributed by atoms with E-state index < -0.39 is 6.04 Å². The first-order chi connectivity index (χ1) is 11.1. The molecule has 0 saturated heterocycles. The first kappa shape index (κ1) is 19.8. The SMILES string of the molecule is COc1ccc(CNC(=O)C(N)Cc2ccccc2)c(OC)c1.Cl. The molecule has 2 aromatic carbocycles. The van der Waals surface area contributed by atoms with Gasteiger partial charge in [-0.25, -0.2) is 0 Å². The van der Waals surface area contributed by atoms with E-state index in [4.69, 9.17) is 15.2 Å². The van der Waals surface area contributed by atoms with Crippen LogP contribution in [0.15, 0.2) is 48.5 Å². The molecule has 0 heterocycles. The molecule has 0 spiro atoms. The van der Waals surface area contributed by atoms with Crippen molar-refractivity contribution in [2.45, 2.75) is 19.0 Å². The van der Waals surface area contributed by atoms with Crippen molar-refractivity contribution in [3.8, 4) is 11.5 Å². The van der Waals surface area contributed by atoms with Crippen molar-refractivity contribution in [3.63, 3.8) is 0 Å². The van der Waals surface area contributed by atoms with E-state index in [1.807, 2.05) is 42.5 Å². The summed E-state index contributed by atoms with van der Waals surface area (Å²) in [6.45, 7) is 0.356. The summed E-state index contributed by atoms with van der Waals surface area (Å²) in [6, 6.07) is 14.6. The van der Waals surface area contributed by atoms with Crippen LogP contribution in [0.3, 0.4) is 0 Å². The third-order valence-corrected chi connectivity index (χ3v) is 3.58. The summed E-state index contributed by atoms with van der Waals surface area (Å²) < 4.78 is 10.5. The molecule has 24 heavy (non-hydrogen) atoms. The molecular weight excluding hydrogens is 328 g/mol. The fourth-order valence-corrected chi connectivity index (χ4v) is 2.27. The van der Waals surface area contributed by atoms with Crippen LogP contribution >= 0.6 is 12.4 Å².